The van der Waals surface area contributed by atoms with E-state index in [0.29, 0.717) is 27.7 Å². The van der Waals surface area contributed by atoms with Crippen molar-refractivity contribution >= 4 is 29.2 Å². The van der Waals surface area contributed by atoms with E-state index in [1.165, 1.54) is 6.92 Å². The van der Waals surface area contributed by atoms with E-state index in [0.717, 1.165) is 11.3 Å². The lowest BCUT2D eigenvalue weighted by Crippen LogP contribution is -2.14. The average molecular weight is 398 g/mol. The van der Waals surface area contributed by atoms with E-state index in [1.54, 1.807) is 16.8 Å². The van der Waals surface area contributed by atoms with Gasteiger partial charge in [0.15, 0.2) is 0 Å². The van der Waals surface area contributed by atoms with Crippen molar-refractivity contribution in [1.29, 1.82) is 0 Å². The molecule has 3 rings (SSSR count). The molecule has 0 spiro atoms. The predicted molar refractivity (Wildman–Crippen MR) is 108 cm³/mol. The number of aryl methyl sites for hydroxylation is 2. The largest absolute Gasteiger partial charge is 0.457 e. The van der Waals surface area contributed by atoms with Gasteiger partial charge in [0.1, 0.15) is 11.8 Å². The molecule has 6 nitrogen and oxygen atoms in total. The van der Waals surface area contributed by atoms with E-state index in [-0.39, 0.29) is 12.5 Å². The molecule has 0 saturated carbocycles. The average Bonchev–Trinajstić information content (AvgIpc) is 2.95. The Morgan fingerprint density at radius 2 is 1.82 bits per heavy atom. The van der Waals surface area contributed by atoms with Crippen LogP contribution in [0.3, 0.4) is 0 Å². The zero-order valence-electron chi connectivity index (χ0n) is 15.8. The number of hydrogen-bond acceptors (Lipinski definition) is 4. The molecule has 3 aromatic rings. The molecular formula is C21H20ClN3O3. The fourth-order valence-electron chi connectivity index (χ4n) is 2.83. The summed E-state index contributed by atoms with van der Waals surface area (Å²) < 4.78 is 7.08. The summed E-state index contributed by atoms with van der Waals surface area (Å²) in [7, 11) is 0. The summed E-state index contributed by atoms with van der Waals surface area (Å²) in [6.07, 6.45) is 0. The standard InChI is InChI=1S/C21H20ClN3O3/c1-13-8-7-11-17(19(13)23-15(3)26)21(27)28-12-18-14(2)24-25(20(18)22)16-9-5-4-6-10-16/h4-11H,12H2,1-3H3,(H,23,26). The van der Waals surface area contributed by atoms with Gasteiger partial charge in [-0.15, -0.1) is 0 Å². The summed E-state index contributed by atoms with van der Waals surface area (Å²) >= 11 is 6.47. The molecule has 1 heterocycles. The first-order chi connectivity index (χ1) is 13.4. The lowest BCUT2D eigenvalue weighted by Gasteiger charge is -2.12. The third-order valence-corrected chi connectivity index (χ3v) is 4.65. The van der Waals surface area contributed by atoms with Gasteiger partial charge in [-0.25, -0.2) is 9.48 Å². The zero-order chi connectivity index (χ0) is 20.3. The highest BCUT2D eigenvalue weighted by Gasteiger charge is 2.19. The van der Waals surface area contributed by atoms with E-state index in [9.17, 15) is 9.59 Å². The van der Waals surface area contributed by atoms with Crippen LogP contribution in [0.5, 0.6) is 0 Å². The lowest BCUT2D eigenvalue weighted by atomic mass is 10.1. The van der Waals surface area contributed by atoms with Gasteiger partial charge in [-0.05, 0) is 37.6 Å². The number of carbonyl (C=O) groups excluding carboxylic acids is 2. The third-order valence-electron chi connectivity index (χ3n) is 4.26. The number of amides is 1. The monoisotopic (exact) mass is 397 g/mol. The van der Waals surface area contributed by atoms with Crippen LogP contribution in [-0.4, -0.2) is 21.7 Å². The maximum absolute atomic E-state index is 12.6. The number of para-hydroxylation sites is 2. The molecule has 1 N–H and O–H groups in total. The van der Waals surface area contributed by atoms with Crippen LogP contribution in [0.2, 0.25) is 5.15 Å². The Labute approximate surface area is 168 Å². The van der Waals surface area contributed by atoms with E-state index in [1.807, 2.05) is 50.2 Å². The van der Waals surface area contributed by atoms with E-state index in [2.05, 4.69) is 10.4 Å². The van der Waals surface area contributed by atoms with Crippen molar-refractivity contribution in [3.05, 3.63) is 76.1 Å². The third kappa shape index (κ3) is 4.07. The molecule has 144 valence electrons. The second kappa shape index (κ2) is 8.27. The van der Waals surface area contributed by atoms with Crippen LogP contribution in [0.15, 0.2) is 48.5 Å². The molecule has 2 aromatic carbocycles. The normalized spacial score (nSPS) is 10.6. The van der Waals surface area contributed by atoms with E-state index >= 15 is 0 Å². The maximum atomic E-state index is 12.6. The highest BCUT2D eigenvalue weighted by Crippen LogP contribution is 2.26. The van der Waals surface area contributed by atoms with Crippen molar-refractivity contribution in [2.24, 2.45) is 0 Å². The number of halogens is 1. The Kier molecular flexibility index (Phi) is 5.80. The van der Waals surface area contributed by atoms with Crippen LogP contribution in [0.1, 0.15) is 34.1 Å². The molecule has 0 saturated heterocycles. The second-order valence-corrected chi connectivity index (χ2v) is 6.71. The molecule has 0 aliphatic carbocycles. The number of ether oxygens (including phenoxy) is 1. The highest BCUT2D eigenvalue weighted by molar-refractivity contribution is 6.30. The van der Waals surface area contributed by atoms with Gasteiger partial charge < -0.3 is 10.1 Å². The second-order valence-electron chi connectivity index (χ2n) is 6.36. The van der Waals surface area contributed by atoms with Crippen molar-refractivity contribution in [3.63, 3.8) is 0 Å². The first kappa shape index (κ1) is 19.6. The van der Waals surface area contributed by atoms with Crippen molar-refractivity contribution in [1.82, 2.24) is 9.78 Å². The zero-order valence-corrected chi connectivity index (χ0v) is 16.6. The number of benzene rings is 2. The first-order valence-corrected chi connectivity index (χ1v) is 9.10. The van der Waals surface area contributed by atoms with Crippen LogP contribution in [0.4, 0.5) is 5.69 Å². The predicted octanol–water partition coefficient (Wildman–Crippen LogP) is 4.46. The van der Waals surface area contributed by atoms with Crippen molar-refractivity contribution in [3.8, 4) is 5.69 Å². The molecule has 0 radical (unpaired) electrons. The molecule has 7 heteroatoms. The number of nitrogens with one attached hydrogen (secondary N) is 1. The number of carbonyl (C=O) groups is 2. The number of hydrogen-bond donors (Lipinski definition) is 1. The number of anilines is 1. The molecule has 28 heavy (non-hydrogen) atoms. The van der Waals surface area contributed by atoms with Crippen LogP contribution in [0.25, 0.3) is 5.69 Å². The van der Waals surface area contributed by atoms with Gasteiger partial charge in [-0.2, -0.15) is 5.10 Å². The minimum atomic E-state index is -0.546. The van der Waals surface area contributed by atoms with Gasteiger partial charge in [0.05, 0.1) is 22.6 Å². The number of rotatable bonds is 5. The Morgan fingerprint density at radius 1 is 1.11 bits per heavy atom. The van der Waals surface area contributed by atoms with Crippen molar-refractivity contribution in [2.45, 2.75) is 27.4 Å². The smallest absolute Gasteiger partial charge is 0.340 e. The number of nitrogens with zero attached hydrogens (tertiary/aromatic N) is 2. The lowest BCUT2D eigenvalue weighted by molar-refractivity contribution is -0.114. The van der Waals surface area contributed by atoms with Gasteiger partial charge in [-0.3, -0.25) is 4.79 Å². The summed E-state index contributed by atoms with van der Waals surface area (Å²) in [4.78, 5) is 24.1. The minimum Gasteiger partial charge on any atom is -0.457 e. The molecule has 1 aromatic heterocycles. The molecule has 0 aliphatic heterocycles. The van der Waals surface area contributed by atoms with Crippen LogP contribution in [0, 0.1) is 13.8 Å². The number of aromatic nitrogens is 2. The molecule has 0 bridgehead atoms. The summed E-state index contributed by atoms with van der Waals surface area (Å²) in [5.74, 6) is -0.804. The van der Waals surface area contributed by atoms with E-state index in [4.69, 9.17) is 16.3 Å². The SMILES string of the molecule is CC(=O)Nc1c(C)cccc1C(=O)OCc1c(C)nn(-c2ccccc2)c1Cl. The van der Waals surface area contributed by atoms with Gasteiger partial charge in [0.25, 0.3) is 0 Å². The van der Waals surface area contributed by atoms with Crippen molar-refractivity contribution in [2.75, 3.05) is 5.32 Å². The van der Waals surface area contributed by atoms with E-state index < -0.39 is 5.97 Å². The summed E-state index contributed by atoms with van der Waals surface area (Å²) in [6.45, 7) is 4.99. The van der Waals surface area contributed by atoms with Gasteiger partial charge in [0, 0.05) is 12.5 Å². The summed E-state index contributed by atoms with van der Waals surface area (Å²) in [5.41, 5.74) is 3.64. The minimum absolute atomic E-state index is 0.0240. The number of esters is 1. The maximum Gasteiger partial charge on any atom is 0.340 e. The molecule has 0 unspecified atom stereocenters. The summed E-state index contributed by atoms with van der Waals surface area (Å²) in [5, 5.41) is 7.52. The molecule has 0 fully saturated rings. The Hall–Kier alpha value is -3.12. The fraction of sp³-hybridized carbons (Fsp3) is 0.190. The highest BCUT2D eigenvalue weighted by atomic mass is 35.5. The van der Waals surface area contributed by atoms with Crippen LogP contribution >= 0.6 is 11.6 Å². The van der Waals surface area contributed by atoms with Gasteiger partial charge in [-0.1, -0.05) is 41.9 Å². The van der Waals surface area contributed by atoms with Crippen molar-refractivity contribution < 1.29 is 14.3 Å². The fourth-order valence-corrected chi connectivity index (χ4v) is 3.16. The summed E-state index contributed by atoms with van der Waals surface area (Å²) in [6, 6.07) is 14.6. The molecular weight excluding hydrogens is 378 g/mol. The van der Waals surface area contributed by atoms with Crippen LogP contribution in [-0.2, 0) is 16.1 Å². The Bertz CT molecular complexity index is 1030. The quantitative estimate of drug-likeness (QED) is 0.645. The Balaban J connectivity index is 1.82. The molecule has 0 atom stereocenters. The van der Waals surface area contributed by atoms with Gasteiger partial charge >= 0.3 is 5.97 Å². The Morgan fingerprint density at radius 3 is 2.50 bits per heavy atom. The van der Waals surface area contributed by atoms with Gasteiger partial charge in [0.2, 0.25) is 5.91 Å². The molecule has 1 amide bonds. The first-order valence-electron chi connectivity index (χ1n) is 8.72. The van der Waals surface area contributed by atoms with Crippen LogP contribution < -0.4 is 5.32 Å². The molecule has 0 aliphatic rings. The topological polar surface area (TPSA) is 73.2 Å².